The van der Waals surface area contributed by atoms with Crippen molar-refractivity contribution in [3.05, 3.63) is 54.1 Å². The predicted octanol–water partition coefficient (Wildman–Crippen LogP) is 2.49. The molecule has 1 aliphatic rings. The van der Waals surface area contributed by atoms with Crippen molar-refractivity contribution in [1.29, 1.82) is 0 Å². The van der Waals surface area contributed by atoms with Gasteiger partial charge in [0.1, 0.15) is 11.9 Å². The van der Waals surface area contributed by atoms with Gasteiger partial charge in [0.2, 0.25) is 9.84 Å². The number of rotatable bonds is 4. The first kappa shape index (κ1) is 19.2. The van der Waals surface area contributed by atoms with Crippen molar-refractivity contribution in [2.75, 3.05) is 13.6 Å². The molecule has 0 aliphatic carbocycles. The summed E-state index contributed by atoms with van der Waals surface area (Å²) in [7, 11) is -2.32. The average Bonchev–Trinajstić information content (AvgIpc) is 2.61. The van der Waals surface area contributed by atoms with Crippen LogP contribution in [0.25, 0.3) is 0 Å². The van der Waals surface area contributed by atoms with Gasteiger partial charge in [-0.05, 0) is 31.2 Å². The van der Waals surface area contributed by atoms with Gasteiger partial charge in [-0.15, -0.1) is 0 Å². The van der Waals surface area contributed by atoms with Crippen LogP contribution in [0.2, 0.25) is 0 Å². The van der Waals surface area contributed by atoms with Gasteiger partial charge < -0.3 is 19.8 Å². The van der Waals surface area contributed by atoms with Crippen LogP contribution in [0.4, 0.5) is 4.79 Å². The zero-order chi connectivity index (χ0) is 19.8. The maximum Gasteiger partial charge on any atom is 0.407 e. The second-order valence-electron chi connectivity index (χ2n) is 6.86. The summed E-state index contributed by atoms with van der Waals surface area (Å²) in [6, 6.07) is 12.4. The Morgan fingerprint density at radius 1 is 1.22 bits per heavy atom. The fourth-order valence-electron chi connectivity index (χ4n) is 3.21. The zero-order valence-electron chi connectivity index (χ0n) is 15.0. The first-order valence-corrected chi connectivity index (χ1v) is 9.87. The standard InChI is InChI=1S/C19H21NO6S/c1-19(23)11-13(12-20(2)18(21)22)26-17-10-15(8-9-16(17)19)27(24,25)14-6-4-3-5-7-14/h3-10,13,23H,11-12H2,1-2H3,(H,21,22). The van der Waals surface area contributed by atoms with E-state index < -0.39 is 27.6 Å². The fraction of sp³-hybridized carbons (Fsp3) is 0.316. The summed E-state index contributed by atoms with van der Waals surface area (Å²) >= 11 is 0. The van der Waals surface area contributed by atoms with E-state index >= 15 is 0 Å². The highest BCUT2D eigenvalue weighted by molar-refractivity contribution is 7.91. The maximum atomic E-state index is 12.8. The third-order valence-corrected chi connectivity index (χ3v) is 6.39. The number of carbonyl (C=O) groups is 1. The highest BCUT2D eigenvalue weighted by atomic mass is 32.2. The van der Waals surface area contributed by atoms with Crippen molar-refractivity contribution >= 4 is 15.9 Å². The van der Waals surface area contributed by atoms with E-state index in [1.807, 2.05) is 0 Å². The molecule has 1 amide bonds. The summed E-state index contributed by atoms with van der Waals surface area (Å²) in [6.45, 7) is 1.66. The molecule has 2 aromatic rings. The number of ether oxygens (including phenoxy) is 1. The van der Waals surface area contributed by atoms with Crippen molar-refractivity contribution in [1.82, 2.24) is 4.90 Å². The number of hydrogen-bond acceptors (Lipinski definition) is 5. The summed E-state index contributed by atoms with van der Waals surface area (Å²) in [6.07, 6.45) is -1.50. The smallest absolute Gasteiger partial charge is 0.407 e. The molecule has 144 valence electrons. The summed E-state index contributed by atoms with van der Waals surface area (Å²) in [5, 5.41) is 19.8. The molecule has 8 heteroatoms. The number of nitrogens with zero attached hydrogens (tertiary/aromatic N) is 1. The van der Waals surface area contributed by atoms with Crippen molar-refractivity contribution in [2.45, 2.75) is 34.8 Å². The third-order valence-electron chi connectivity index (χ3n) is 4.62. The largest absolute Gasteiger partial charge is 0.488 e. The summed E-state index contributed by atoms with van der Waals surface area (Å²) in [5.41, 5.74) is -0.782. The van der Waals surface area contributed by atoms with E-state index in [2.05, 4.69) is 0 Å². The van der Waals surface area contributed by atoms with Gasteiger partial charge in [0.05, 0.1) is 21.9 Å². The average molecular weight is 391 g/mol. The molecule has 0 saturated carbocycles. The van der Waals surface area contributed by atoms with Gasteiger partial charge in [0.25, 0.3) is 0 Å². The maximum absolute atomic E-state index is 12.8. The monoisotopic (exact) mass is 391 g/mol. The first-order valence-electron chi connectivity index (χ1n) is 8.39. The molecule has 3 rings (SSSR count). The molecule has 1 heterocycles. The molecule has 1 aliphatic heterocycles. The lowest BCUT2D eigenvalue weighted by Crippen LogP contribution is -2.43. The van der Waals surface area contributed by atoms with Gasteiger partial charge in [0.15, 0.2) is 0 Å². The highest BCUT2D eigenvalue weighted by Gasteiger charge is 2.38. The molecule has 2 atom stereocenters. The topological polar surface area (TPSA) is 104 Å². The minimum atomic E-state index is -3.73. The molecular weight excluding hydrogens is 370 g/mol. The number of hydrogen-bond donors (Lipinski definition) is 2. The number of aliphatic hydroxyl groups is 1. The Balaban J connectivity index is 1.97. The molecule has 0 spiro atoms. The zero-order valence-corrected chi connectivity index (χ0v) is 15.8. The van der Waals surface area contributed by atoms with Gasteiger partial charge in [-0.2, -0.15) is 0 Å². The van der Waals surface area contributed by atoms with Crippen LogP contribution in [0.3, 0.4) is 0 Å². The number of fused-ring (bicyclic) bond motifs is 1. The molecule has 2 unspecified atom stereocenters. The van der Waals surface area contributed by atoms with E-state index in [-0.39, 0.29) is 28.5 Å². The first-order chi connectivity index (χ1) is 12.6. The molecule has 0 bridgehead atoms. The van der Waals surface area contributed by atoms with Crippen molar-refractivity contribution in [2.24, 2.45) is 0 Å². The number of amides is 1. The van der Waals surface area contributed by atoms with E-state index in [1.54, 1.807) is 31.2 Å². The lowest BCUT2D eigenvalue weighted by Gasteiger charge is -2.37. The number of sulfone groups is 1. The van der Waals surface area contributed by atoms with Crippen LogP contribution in [0.5, 0.6) is 5.75 Å². The molecule has 0 aromatic heterocycles. The third kappa shape index (κ3) is 3.77. The van der Waals surface area contributed by atoms with Crippen molar-refractivity contribution < 1.29 is 28.2 Å². The Bertz CT molecular complexity index is 955. The lowest BCUT2D eigenvalue weighted by atomic mass is 9.87. The van der Waals surface area contributed by atoms with Crippen LogP contribution in [0, 0.1) is 0 Å². The Labute approximate surface area is 157 Å². The summed E-state index contributed by atoms with van der Waals surface area (Å²) < 4.78 is 31.5. The number of carboxylic acid groups (broad SMARTS) is 1. The van der Waals surface area contributed by atoms with E-state index in [0.717, 1.165) is 4.90 Å². The highest BCUT2D eigenvalue weighted by Crippen LogP contribution is 2.41. The van der Waals surface area contributed by atoms with E-state index in [1.165, 1.54) is 31.3 Å². The number of likely N-dealkylation sites (N-methyl/N-ethyl adjacent to an activating group) is 1. The lowest BCUT2D eigenvalue weighted by molar-refractivity contribution is -0.0225. The molecule has 27 heavy (non-hydrogen) atoms. The molecule has 2 N–H and O–H groups in total. The van der Waals surface area contributed by atoms with Crippen LogP contribution < -0.4 is 4.74 Å². The predicted molar refractivity (Wildman–Crippen MR) is 97.6 cm³/mol. The fourth-order valence-corrected chi connectivity index (χ4v) is 4.50. The van der Waals surface area contributed by atoms with Gasteiger partial charge in [0, 0.05) is 19.0 Å². The normalized spacial score (nSPS) is 21.8. The van der Waals surface area contributed by atoms with Gasteiger partial charge in [-0.1, -0.05) is 24.3 Å². The van der Waals surface area contributed by atoms with Crippen LogP contribution in [0.1, 0.15) is 18.9 Å². The molecule has 0 radical (unpaired) electrons. The van der Waals surface area contributed by atoms with Crippen molar-refractivity contribution in [3.8, 4) is 5.75 Å². The summed E-state index contributed by atoms with van der Waals surface area (Å²) in [4.78, 5) is 12.3. The summed E-state index contributed by atoms with van der Waals surface area (Å²) in [5.74, 6) is 0.243. The van der Waals surface area contributed by atoms with E-state index in [9.17, 15) is 18.3 Å². The molecule has 0 saturated heterocycles. The Hall–Kier alpha value is -2.58. The molecule has 7 nitrogen and oxygen atoms in total. The second-order valence-corrected chi connectivity index (χ2v) is 8.81. The molecular formula is C19H21NO6S. The Kier molecular flexibility index (Phi) is 4.88. The quantitative estimate of drug-likeness (QED) is 0.830. The minimum Gasteiger partial charge on any atom is -0.488 e. The van der Waals surface area contributed by atoms with Crippen LogP contribution in [-0.2, 0) is 15.4 Å². The van der Waals surface area contributed by atoms with E-state index in [0.29, 0.717) is 5.56 Å². The second kappa shape index (κ2) is 6.86. The SMILES string of the molecule is CN(CC1CC(C)(O)c2ccc(S(=O)(=O)c3ccccc3)cc2O1)C(=O)O. The number of benzene rings is 2. The van der Waals surface area contributed by atoms with Gasteiger partial charge in [-0.3, -0.25) is 0 Å². The van der Waals surface area contributed by atoms with Gasteiger partial charge >= 0.3 is 6.09 Å². The minimum absolute atomic E-state index is 0.0514. The van der Waals surface area contributed by atoms with Crippen LogP contribution in [0.15, 0.2) is 58.3 Å². The molecule has 2 aromatic carbocycles. The van der Waals surface area contributed by atoms with Crippen LogP contribution >= 0.6 is 0 Å². The Morgan fingerprint density at radius 3 is 2.52 bits per heavy atom. The van der Waals surface area contributed by atoms with Crippen LogP contribution in [-0.4, -0.2) is 49.3 Å². The van der Waals surface area contributed by atoms with Crippen molar-refractivity contribution in [3.63, 3.8) is 0 Å². The molecule has 0 fully saturated rings. The van der Waals surface area contributed by atoms with Gasteiger partial charge in [-0.25, -0.2) is 13.2 Å². The Morgan fingerprint density at radius 2 is 1.89 bits per heavy atom. The van der Waals surface area contributed by atoms with E-state index in [4.69, 9.17) is 9.84 Å².